The van der Waals surface area contributed by atoms with E-state index >= 15 is 0 Å². The Morgan fingerprint density at radius 1 is 1.40 bits per heavy atom. The van der Waals surface area contributed by atoms with Crippen molar-refractivity contribution in [3.8, 4) is 0 Å². The molecule has 0 rings (SSSR count). The first kappa shape index (κ1) is 4.81. The van der Waals surface area contributed by atoms with Crippen molar-refractivity contribution < 1.29 is 19.4 Å². The molecule has 0 atom stereocenters. The topological polar surface area (TPSA) is 20.2 Å². The van der Waals surface area contributed by atoms with E-state index in [0.29, 0.717) is 0 Å². The van der Waals surface area contributed by atoms with Crippen LogP contribution in [0, 0.1) is 0 Å². The minimum atomic E-state index is -5.50. The third kappa shape index (κ3) is 367. The lowest BCUT2D eigenvalue weighted by molar-refractivity contribution is 0.284. The van der Waals surface area contributed by atoms with Crippen molar-refractivity contribution in [2.75, 3.05) is 0 Å². The highest BCUT2D eigenvalue weighted by molar-refractivity contribution is 6.49. The minimum absolute atomic E-state index is 0. The van der Waals surface area contributed by atoms with Gasteiger partial charge in [-0.15, -0.1) is 0 Å². The molecule has 5 heteroatoms. The van der Waals surface area contributed by atoms with Gasteiger partial charge in [-0.25, -0.2) is 0 Å². The van der Waals surface area contributed by atoms with Gasteiger partial charge < -0.3 is 18.0 Å². The molecule has 0 unspecified atom stereocenters. The molecular formula is H2BF3O. The maximum absolute atomic E-state index is 9.97. The molecule has 0 fully saturated rings. The van der Waals surface area contributed by atoms with Gasteiger partial charge in [-0.1, -0.05) is 0 Å². The minimum Gasteiger partial charge on any atom is -0.523 e. The fraction of sp³-hybridized carbons (Fsp3) is 0. The molecule has 0 aliphatic rings. The van der Waals surface area contributed by atoms with E-state index in [9.17, 15) is 12.9 Å². The first-order chi connectivity index (χ1) is 2.00. The SMILES string of the molecule is O[B-](F)(F)F.[H+]. The Morgan fingerprint density at radius 3 is 1.40 bits per heavy atom. The highest BCUT2D eigenvalue weighted by atomic mass is 19.4. The number of halogens is 3. The maximum Gasteiger partial charge on any atom is 1.00 e. The largest absolute Gasteiger partial charge is 1.00 e. The molecule has 32 valence electrons. The van der Waals surface area contributed by atoms with Gasteiger partial charge in [-0.2, -0.15) is 0 Å². The highest BCUT2D eigenvalue weighted by Gasteiger charge is 2.17. The molecular weight excluding hydrogens is 83.8 g/mol. The zero-order valence-corrected chi connectivity index (χ0v) is 2.16. The molecule has 0 aromatic carbocycles. The quantitative estimate of drug-likeness (QED) is 0.424. The molecule has 0 radical (unpaired) electrons. The number of hydrogen-bond donors (Lipinski definition) is 1. The van der Waals surface area contributed by atoms with Crippen molar-refractivity contribution in [3.63, 3.8) is 0 Å². The Balaban J connectivity index is 0. The summed E-state index contributed by atoms with van der Waals surface area (Å²) in [5.74, 6) is 0. The van der Waals surface area contributed by atoms with Gasteiger partial charge in [-0.3, -0.25) is 0 Å². The maximum atomic E-state index is 9.97. The van der Waals surface area contributed by atoms with E-state index in [-0.39, 0.29) is 1.43 Å². The van der Waals surface area contributed by atoms with E-state index in [4.69, 9.17) is 5.02 Å². The molecule has 1 N–H and O–H groups in total. The summed E-state index contributed by atoms with van der Waals surface area (Å²) < 4.78 is 29.9. The standard InChI is InChI=1S/BF3HO/c2-1(3,4)5/h5H/q-1/p+1. The van der Waals surface area contributed by atoms with Gasteiger partial charge >= 0.3 is 8.61 Å². The van der Waals surface area contributed by atoms with Crippen LogP contribution in [-0.2, 0) is 0 Å². The first-order valence-corrected chi connectivity index (χ1v) is 0.913. The molecule has 0 aromatic rings. The van der Waals surface area contributed by atoms with Gasteiger partial charge in [0.1, 0.15) is 0 Å². The van der Waals surface area contributed by atoms with Crippen LogP contribution < -0.4 is 0 Å². The lowest BCUT2D eigenvalue weighted by Crippen LogP contribution is -2.11. The molecule has 5 heavy (non-hydrogen) atoms. The highest BCUT2D eigenvalue weighted by Crippen LogP contribution is 1.98. The fourth-order valence-corrected chi connectivity index (χ4v) is 0. The van der Waals surface area contributed by atoms with Crippen LogP contribution in [0.25, 0.3) is 0 Å². The normalized spacial score (nSPS) is 12.0. The van der Waals surface area contributed by atoms with E-state index in [2.05, 4.69) is 0 Å². The zero-order valence-electron chi connectivity index (χ0n) is 3.16. The van der Waals surface area contributed by atoms with Gasteiger partial charge in [0.15, 0.2) is 0 Å². The monoisotopic (exact) mass is 86.0 g/mol. The zero-order chi connectivity index (χ0) is 4.50. The Bertz CT molecular complexity index is 26.3. The predicted molar refractivity (Wildman–Crippen MR) is 12.4 cm³/mol. The molecule has 0 aliphatic carbocycles. The van der Waals surface area contributed by atoms with Crippen molar-refractivity contribution in [1.82, 2.24) is 0 Å². The summed E-state index contributed by atoms with van der Waals surface area (Å²) in [4.78, 5) is 0. The second kappa shape index (κ2) is 0.894. The predicted octanol–water partition coefficient (Wildman–Crippen LogP) is 0.435. The molecule has 0 heterocycles. The number of hydrogen-bond acceptors (Lipinski definition) is 1. The van der Waals surface area contributed by atoms with E-state index in [1.165, 1.54) is 0 Å². The summed E-state index contributed by atoms with van der Waals surface area (Å²) in [6, 6.07) is 0. The lowest BCUT2D eigenvalue weighted by atomic mass is 10.3. The van der Waals surface area contributed by atoms with Gasteiger partial charge in [0, 0.05) is 0 Å². The van der Waals surface area contributed by atoms with Crippen molar-refractivity contribution in [3.05, 3.63) is 0 Å². The Labute approximate surface area is 28.0 Å². The van der Waals surface area contributed by atoms with Crippen LogP contribution >= 0.6 is 0 Å². The molecule has 0 bridgehead atoms. The molecule has 0 spiro atoms. The number of rotatable bonds is 0. The average molecular weight is 85.8 g/mol. The van der Waals surface area contributed by atoms with Crippen LogP contribution in [0.3, 0.4) is 0 Å². The third-order valence-electron chi connectivity index (χ3n) is 0. The van der Waals surface area contributed by atoms with Gasteiger partial charge in [-0.05, 0) is 0 Å². The first-order valence-electron chi connectivity index (χ1n) is 0.913. The second-order valence-corrected chi connectivity index (χ2v) is 0.540. The summed E-state index contributed by atoms with van der Waals surface area (Å²) in [6.45, 7) is 0. The smallest absolute Gasteiger partial charge is 0.523 e. The molecule has 0 saturated heterocycles. The van der Waals surface area contributed by atoms with Crippen molar-refractivity contribution in [2.24, 2.45) is 0 Å². The molecule has 0 aliphatic heterocycles. The lowest BCUT2D eigenvalue weighted by Gasteiger charge is -1.98. The van der Waals surface area contributed by atoms with Gasteiger partial charge in [0.25, 0.3) is 0 Å². The summed E-state index contributed by atoms with van der Waals surface area (Å²) in [7, 11) is -5.50. The van der Waals surface area contributed by atoms with Crippen LogP contribution in [0.1, 0.15) is 1.43 Å². The van der Waals surface area contributed by atoms with Gasteiger partial charge in [0.2, 0.25) is 0 Å². The Morgan fingerprint density at radius 2 is 1.40 bits per heavy atom. The second-order valence-electron chi connectivity index (χ2n) is 0.540. The van der Waals surface area contributed by atoms with Crippen LogP contribution in [0.5, 0.6) is 0 Å². The van der Waals surface area contributed by atoms with Crippen LogP contribution in [0.15, 0.2) is 0 Å². The van der Waals surface area contributed by atoms with E-state index < -0.39 is 7.18 Å². The molecule has 0 saturated carbocycles. The summed E-state index contributed by atoms with van der Waals surface area (Å²) >= 11 is 0. The molecule has 0 amide bonds. The van der Waals surface area contributed by atoms with Crippen molar-refractivity contribution in [2.45, 2.75) is 0 Å². The van der Waals surface area contributed by atoms with Crippen LogP contribution in [0.2, 0.25) is 0 Å². The summed E-state index contributed by atoms with van der Waals surface area (Å²) in [6.07, 6.45) is 0. The third-order valence-corrected chi connectivity index (χ3v) is 0. The Hall–Kier alpha value is -0.185. The van der Waals surface area contributed by atoms with E-state index in [1.807, 2.05) is 0 Å². The molecule has 0 aromatic heterocycles. The Kier molecular flexibility index (Phi) is 0.861. The summed E-state index contributed by atoms with van der Waals surface area (Å²) in [5, 5.41) is 6.58. The van der Waals surface area contributed by atoms with Crippen LogP contribution in [-0.4, -0.2) is 12.2 Å². The van der Waals surface area contributed by atoms with Gasteiger partial charge in [0.05, 0.1) is 0 Å². The van der Waals surface area contributed by atoms with E-state index in [0.717, 1.165) is 0 Å². The average Bonchev–Trinajstić information content (AvgIpc) is 0.722. The van der Waals surface area contributed by atoms with Crippen molar-refractivity contribution >= 4 is 7.18 Å². The van der Waals surface area contributed by atoms with Crippen LogP contribution in [0.4, 0.5) is 12.9 Å². The fourth-order valence-electron chi connectivity index (χ4n) is 0. The molecule has 1 nitrogen and oxygen atoms in total. The van der Waals surface area contributed by atoms with E-state index in [1.54, 1.807) is 0 Å². The summed E-state index contributed by atoms with van der Waals surface area (Å²) in [5.41, 5.74) is 0. The van der Waals surface area contributed by atoms with Crippen molar-refractivity contribution in [1.29, 1.82) is 0 Å².